The average molecular weight is 1060 g/mol. The number of benzene rings is 2. The molecule has 5 aliphatic rings. The van der Waals surface area contributed by atoms with Crippen molar-refractivity contribution in [1.82, 2.24) is 30.4 Å². The van der Waals surface area contributed by atoms with Crippen LogP contribution in [0.4, 0.5) is 36.3 Å². The number of carbonyl (C=O) groups excluding carboxylic acids is 7. The molecule has 3 aromatic rings. The van der Waals surface area contributed by atoms with Crippen molar-refractivity contribution in [2.45, 2.75) is 63.2 Å². The molecule has 1 unspecified atom stereocenters. The lowest BCUT2D eigenvalue weighted by Crippen LogP contribution is -2.57. The van der Waals surface area contributed by atoms with Crippen LogP contribution >= 0.6 is 11.6 Å². The first-order valence-corrected chi connectivity index (χ1v) is 24.0. The molecule has 7 amide bonds. The number of piperidine rings is 1. The smallest absolute Gasteiger partial charge is 0.490 e. The van der Waals surface area contributed by atoms with Crippen molar-refractivity contribution in [3.05, 3.63) is 58.2 Å². The second kappa shape index (κ2) is 24.7. The minimum Gasteiger partial charge on any atom is -0.490 e. The van der Waals surface area contributed by atoms with Crippen molar-refractivity contribution in [3.63, 3.8) is 0 Å². The van der Waals surface area contributed by atoms with Crippen LogP contribution in [0.1, 0.15) is 64.8 Å². The lowest BCUT2D eigenvalue weighted by atomic mass is 10.00. The van der Waals surface area contributed by atoms with E-state index in [1.165, 1.54) is 12.3 Å². The predicted molar refractivity (Wildman–Crippen MR) is 253 cm³/mol. The fourth-order valence-electron chi connectivity index (χ4n) is 8.60. The summed E-state index contributed by atoms with van der Waals surface area (Å²) in [6.07, 6.45) is -1.87. The minimum absolute atomic E-state index is 0.00882. The Labute approximate surface area is 425 Å². The van der Waals surface area contributed by atoms with Gasteiger partial charge in [0.05, 0.1) is 62.1 Å². The van der Waals surface area contributed by atoms with E-state index in [-0.39, 0.29) is 106 Å². The van der Waals surface area contributed by atoms with Crippen LogP contribution in [0, 0.1) is 0 Å². The van der Waals surface area contributed by atoms with E-state index >= 15 is 0 Å². The molecule has 2 aromatic carbocycles. The van der Waals surface area contributed by atoms with Gasteiger partial charge in [0.15, 0.2) is 5.82 Å². The van der Waals surface area contributed by atoms with Crippen molar-refractivity contribution in [3.8, 4) is 11.5 Å². The predicted octanol–water partition coefficient (Wildman–Crippen LogP) is 2.64. The van der Waals surface area contributed by atoms with Gasteiger partial charge in [0.2, 0.25) is 35.5 Å². The number of halogens is 4. The van der Waals surface area contributed by atoms with E-state index in [2.05, 4.69) is 20.9 Å². The number of anilines is 4. The Hall–Kier alpha value is -7.16. The number of hydrogen-bond acceptors (Lipinski definition) is 17. The Morgan fingerprint density at radius 1 is 0.946 bits per heavy atom. The maximum atomic E-state index is 13.4. The normalized spacial score (nSPS) is 18.6. The maximum absolute atomic E-state index is 13.4. The monoisotopic (exact) mass is 1060 g/mol. The van der Waals surface area contributed by atoms with Gasteiger partial charge in [-0.3, -0.25) is 43.8 Å². The first-order valence-electron chi connectivity index (χ1n) is 23.6. The molecule has 4 N–H and O–H groups in total. The molecule has 0 saturated carbocycles. The zero-order chi connectivity index (χ0) is 53.1. The number of hydrogen-bond donors (Lipinski definition) is 4. The van der Waals surface area contributed by atoms with Crippen LogP contribution in [-0.4, -0.2) is 177 Å². The number of nitrogens with zero attached hydrogens (tertiary/aromatic N) is 6. The van der Waals surface area contributed by atoms with Crippen LogP contribution in [-0.2, 0) is 49.4 Å². The van der Waals surface area contributed by atoms with Gasteiger partial charge in [-0.25, -0.2) is 9.78 Å². The van der Waals surface area contributed by atoms with Gasteiger partial charge in [-0.05, 0) is 43.0 Å². The molecule has 27 heteroatoms. The molecule has 5 aliphatic heterocycles. The fourth-order valence-corrected chi connectivity index (χ4v) is 8.74. The van der Waals surface area contributed by atoms with E-state index in [0.717, 1.165) is 16.2 Å². The third-order valence-electron chi connectivity index (χ3n) is 12.2. The second-order valence-corrected chi connectivity index (χ2v) is 17.6. The summed E-state index contributed by atoms with van der Waals surface area (Å²) >= 11 is 6.57. The number of fused-ring (bicyclic) bond motifs is 9. The van der Waals surface area contributed by atoms with Crippen LogP contribution < -0.4 is 35.2 Å². The standard InChI is InChI=1S/C45H52ClN9O12.C2HF3O2/c1-52-37(58)10-6-27-22-28-23-34(40(27)52)67-21-19-65-26-29-25-53(13-14-54(29)45-48-24-31(46)41(49-28)51-45)38(59)11-9-35(56)47-12-3-15-63-16-17-64-18-20-66-33-5-2-4-30-39(33)44(62)55(43(30)61)32-7-8-36(57)50-42(32)60;3-2(4,5)1(6)7/h2,4-5,22-24,29,32H,3,6-21,25-26H2,1H3,(H,47,56)(H,48,49,51)(H,50,57,60);(H,6,7)/t29-,32?;/m1./s1. The highest BCUT2D eigenvalue weighted by Crippen LogP contribution is 2.40. The molecular formula is C47H53ClF3N9O14. The Kier molecular flexibility index (Phi) is 18.2. The Bertz CT molecular complexity index is 2650. The van der Waals surface area contributed by atoms with Crippen LogP contribution in [0.2, 0.25) is 5.02 Å². The van der Waals surface area contributed by atoms with E-state index in [4.69, 9.17) is 50.2 Å². The van der Waals surface area contributed by atoms with Gasteiger partial charge < -0.3 is 54.1 Å². The lowest BCUT2D eigenvalue weighted by molar-refractivity contribution is -0.192. The van der Waals surface area contributed by atoms with E-state index in [0.29, 0.717) is 86.9 Å². The number of carbonyl (C=O) groups is 8. The Morgan fingerprint density at radius 2 is 1.70 bits per heavy atom. The summed E-state index contributed by atoms with van der Waals surface area (Å²) in [6, 6.07) is 7.07. The van der Waals surface area contributed by atoms with Crippen molar-refractivity contribution >= 4 is 82.1 Å². The zero-order valence-electron chi connectivity index (χ0n) is 40.0. The number of amides is 7. The number of ether oxygens (including phenoxy) is 5. The highest BCUT2D eigenvalue weighted by molar-refractivity contribution is 6.33. The van der Waals surface area contributed by atoms with Crippen molar-refractivity contribution in [2.75, 3.05) is 101 Å². The molecular weight excluding hydrogens is 1010 g/mol. The number of aryl methyl sites for hydroxylation is 1. The molecule has 0 spiro atoms. The number of carboxylic acids is 1. The number of aromatic nitrogens is 2. The van der Waals surface area contributed by atoms with E-state index in [1.807, 2.05) is 17.0 Å². The number of nitrogens with one attached hydrogen (secondary N) is 3. The summed E-state index contributed by atoms with van der Waals surface area (Å²) in [5, 5.41) is 15.8. The maximum Gasteiger partial charge on any atom is 0.490 e. The summed E-state index contributed by atoms with van der Waals surface area (Å²) in [5.74, 6) is -3.98. The summed E-state index contributed by atoms with van der Waals surface area (Å²) in [4.78, 5) is 113. The SMILES string of the molecule is CN1C(=O)CCc2cc3cc(c21)OCCOC[C@H]1CN(C(=O)CCC(=O)NCCCOCCOCCOc2cccc4c2C(=O)N(C2CCC(=O)NC2=O)C4=O)CCN1c1ncc(Cl)c(n1)N3.O=C(O)C(F)(F)F. The van der Waals surface area contributed by atoms with Gasteiger partial charge in [-0.1, -0.05) is 17.7 Å². The molecule has 2 atom stereocenters. The van der Waals surface area contributed by atoms with Gasteiger partial charge in [0.25, 0.3) is 11.8 Å². The summed E-state index contributed by atoms with van der Waals surface area (Å²) in [6.45, 7) is 3.47. The van der Waals surface area contributed by atoms with Crippen LogP contribution in [0.3, 0.4) is 0 Å². The second-order valence-electron chi connectivity index (χ2n) is 17.2. The minimum atomic E-state index is -5.08. The molecule has 2 saturated heterocycles. The third kappa shape index (κ3) is 13.5. The first kappa shape index (κ1) is 54.6. The van der Waals surface area contributed by atoms with Crippen LogP contribution in [0.15, 0.2) is 36.5 Å². The Morgan fingerprint density at radius 3 is 2.46 bits per heavy atom. The molecule has 398 valence electrons. The van der Waals surface area contributed by atoms with Crippen LogP contribution in [0.25, 0.3) is 0 Å². The first-order chi connectivity index (χ1) is 35.4. The number of aliphatic carboxylic acids is 1. The molecule has 8 rings (SSSR count). The molecule has 74 heavy (non-hydrogen) atoms. The number of alkyl halides is 3. The summed E-state index contributed by atoms with van der Waals surface area (Å²) in [5.41, 5.74) is 2.59. The third-order valence-corrected chi connectivity index (χ3v) is 12.5. The lowest BCUT2D eigenvalue weighted by Gasteiger charge is -2.41. The fraction of sp³-hybridized carbons (Fsp3) is 0.489. The molecule has 4 bridgehead atoms. The van der Waals surface area contributed by atoms with E-state index < -0.39 is 41.8 Å². The molecule has 0 radical (unpaired) electrons. The molecule has 6 heterocycles. The molecule has 1 aromatic heterocycles. The van der Waals surface area contributed by atoms with E-state index in [9.17, 15) is 46.7 Å². The average Bonchev–Trinajstić information content (AvgIpc) is 3.62. The van der Waals surface area contributed by atoms with Gasteiger partial charge >= 0.3 is 12.1 Å². The topological polar surface area (TPSA) is 278 Å². The number of imide groups is 2. The van der Waals surface area contributed by atoms with E-state index in [1.54, 1.807) is 29.0 Å². The van der Waals surface area contributed by atoms with Crippen molar-refractivity contribution in [2.24, 2.45) is 0 Å². The van der Waals surface area contributed by atoms with Crippen molar-refractivity contribution in [1.29, 1.82) is 0 Å². The Balaban J connectivity index is 0.00000107. The highest BCUT2D eigenvalue weighted by atomic mass is 35.5. The molecule has 0 aliphatic carbocycles. The number of carboxylic acid groups (broad SMARTS) is 1. The van der Waals surface area contributed by atoms with Gasteiger partial charge in [-0.15, -0.1) is 0 Å². The highest BCUT2D eigenvalue weighted by Gasteiger charge is 2.46. The van der Waals surface area contributed by atoms with Gasteiger partial charge in [0.1, 0.15) is 35.8 Å². The number of rotatable bonds is 15. The largest absolute Gasteiger partial charge is 0.490 e. The zero-order valence-corrected chi connectivity index (χ0v) is 40.8. The van der Waals surface area contributed by atoms with Gasteiger partial charge in [-0.2, -0.15) is 18.2 Å². The summed E-state index contributed by atoms with van der Waals surface area (Å²) in [7, 11) is 1.74. The van der Waals surface area contributed by atoms with Gasteiger partial charge in [0, 0.05) is 77.3 Å². The quantitative estimate of drug-likeness (QED) is 0.126. The molecule has 2 fully saturated rings. The number of piperazine rings is 1. The van der Waals surface area contributed by atoms with Crippen molar-refractivity contribution < 1.29 is 80.3 Å². The summed E-state index contributed by atoms with van der Waals surface area (Å²) < 4.78 is 61.0. The molecule has 23 nitrogen and oxygen atoms in total. The van der Waals surface area contributed by atoms with Crippen LogP contribution in [0.5, 0.6) is 11.5 Å².